The summed E-state index contributed by atoms with van der Waals surface area (Å²) in [4.78, 5) is 8.50. The maximum Gasteiger partial charge on any atom is 0.162 e. The first kappa shape index (κ1) is 10.8. The number of aromatic nitrogens is 2. The molecule has 0 N–H and O–H groups in total. The van der Waals surface area contributed by atoms with Crippen molar-refractivity contribution in [3.05, 3.63) is 46.2 Å². The molecule has 0 bridgehead atoms. The van der Waals surface area contributed by atoms with Crippen molar-refractivity contribution >= 4 is 15.9 Å². The van der Waals surface area contributed by atoms with E-state index < -0.39 is 0 Å². The maximum absolute atomic E-state index is 8.85. The molecule has 78 valence electrons. The molecule has 0 atom stereocenters. The third kappa shape index (κ3) is 2.10. The molecule has 0 unspecified atom stereocenters. The molecule has 0 saturated carbocycles. The van der Waals surface area contributed by atoms with Gasteiger partial charge in [0.25, 0.3) is 0 Å². The van der Waals surface area contributed by atoms with Gasteiger partial charge in [-0.2, -0.15) is 5.26 Å². The SMILES string of the molecule is Cc1cc(C#N)nc(-c2ccccc2Br)n1. The Morgan fingerprint density at radius 3 is 2.69 bits per heavy atom. The van der Waals surface area contributed by atoms with Gasteiger partial charge in [-0.3, -0.25) is 0 Å². The highest BCUT2D eigenvalue weighted by Crippen LogP contribution is 2.25. The number of aryl methyl sites for hydroxylation is 1. The Labute approximate surface area is 102 Å². The summed E-state index contributed by atoms with van der Waals surface area (Å²) < 4.78 is 0.921. The van der Waals surface area contributed by atoms with Gasteiger partial charge in [-0.05, 0) is 19.1 Å². The highest BCUT2D eigenvalue weighted by atomic mass is 79.9. The van der Waals surface area contributed by atoms with Crippen molar-refractivity contribution in [3.8, 4) is 17.5 Å². The topological polar surface area (TPSA) is 49.6 Å². The quantitative estimate of drug-likeness (QED) is 0.802. The fraction of sp³-hybridized carbons (Fsp3) is 0.0833. The van der Waals surface area contributed by atoms with E-state index in [4.69, 9.17) is 5.26 Å². The zero-order valence-corrected chi connectivity index (χ0v) is 10.2. The lowest BCUT2D eigenvalue weighted by atomic mass is 10.2. The highest BCUT2D eigenvalue weighted by Gasteiger charge is 2.07. The van der Waals surface area contributed by atoms with Crippen LogP contribution in [0.2, 0.25) is 0 Å². The Kier molecular flexibility index (Phi) is 2.97. The molecule has 1 aromatic carbocycles. The monoisotopic (exact) mass is 273 g/mol. The molecule has 3 nitrogen and oxygen atoms in total. The summed E-state index contributed by atoms with van der Waals surface area (Å²) in [6, 6.07) is 11.4. The van der Waals surface area contributed by atoms with Crippen LogP contribution >= 0.6 is 15.9 Å². The lowest BCUT2D eigenvalue weighted by Gasteiger charge is -2.03. The molecule has 0 saturated heterocycles. The molecule has 0 radical (unpaired) electrons. The normalized spacial score (nSPS) is 9.81. The van der Waals surface area contributed by atoms with E-state index in [9.17, 15) is 0 Å². The number of benzene rings is 1. The van der Waals surface area contributed by atoms with Gasteiger partial charge in [0.15, 0.2) is 5.82 Å². The Morgan fingerprint density at radius 2 is 2.00 bits per heavy atom. The van der Waals surface area contributed by atoms with Crippen LogP contribution < -0.4 is 0 Å². The summed E-state index contributed by atoms with van der Waals surface area (Å²) >= 11 is 3.44. The molecule has 0 aliphatic rings. The van der Waals surface area contributed by atoms with Gasteiger partial charge in [-0.1, -0.05) is 34.1 Å². The predicted octanol–water partition coefficient (Wildman–Crippen LogP) is 3.09. The van der Waals surface area contributed by atoms with Crippen LogP contribution in [0.4, 0.5) is 0 Å². The Bertz CT molecular complexity index is 573. The molecular weight excluding hydrogens is 266 g/mol. The second-order valence-corrected chi connectivity index (χ2v) is 4.16. The van der Waals surface area contributed by atoms with E-state index >= 15 is 0 Å². The van der Waals surface area contributed by atoms with E-state index in [0.29, 0.717) is 11.5 Å². The molecule has 4 heteroatoms. The van der Waals surface area contributed by atoms with Crippen molar-refractivity contribution in [2.24, 2.45) is 0 Å². The Balaban J connectivity index is 2.61. The van der Waals surface area contributed by atoms with Crippen LogP contribution in [0.1, 0.15) is 11.4 Å². The fourth-order valence-electron chi connectivity index (χ4n) is 1.39. The van der Waals surface area contributed by atoms with E-state index in [0.717, 1.165) is 15.7 Å². The summed E-state index contributed by atoms with van der Waals surface area (Å²) in [7, 11) is 0. The third-order valence-corrected chi connectivity index (χ3v) is 2.78. The third-order valence-electron chi connectivity index (χ3n) is 2.08. The van der Waals surface area contributed by atoms with Gasteiger partial charge in [0.2, 0.25) is 0 Å². The molecule has 0 spiro atoms. The van der Waals surface area contributed by atoms with Crippen molar-refractivity contribution < 1.29 is 0 Å². The second-order valence-electron chi connectivity index (χ2n) is 3.31. The van der Waals surface area contributed by atoms with Crippen LogP contribution in [0.5, 0.6) is 0 Å². The van der Waals surface area contributed by atoms with E-state index in [1.807, 2.05) is 37.3 Å². The van der Waals surface area contributed by atoms with Crippen LogP contribution in [0, 0.1) is 18.3 Å². The van der Waals surface area contributed by atoms with E-state index in [1.54, 1.807) is 6.07 Å². The summed E-state index contributed by atoms with van der Waals surface area (Å²) in [5.74, 6) is 0.573. The molecule has 2 aromatic rings. The van der Waals surface area contributed by atoms with Gasteiger partial charge >= 0.3 is 0 Å². The average Bonchev–Trinajstić information content (AvgIpc) is 2.28. The molecule has 16 heavy (non-hydrogen) atoms. The molecule has 1 aromatic heterocycles. The van der Waals surface area contributed by atoms with Crippen LogP contribution in [-0.2, 0) is 0 Å². The minimum atomic E-state index is 0.387. The van der Waals surface area contributed by atoms with Crippen molar-refractivity contribution in [2.45, 2.75) is 6.92 Å². The maximum atomic E-state index is 8.85. The van der Waals surface area contributed by atoms with Crippen LogP contribution in [0.25, 0.3) is 11.4 Å². The van der Waals surface area contributed by atoms with E-state index in [1.165, 1.54) is 0 Å². The standard InChI is InChI=1S/C12H8BrN3/c1-8-6-9(7-14)16-12(15-8)10-4-2-3-5-11(10)13/h2-6H,1H3. The van der Waals surface area contributed by atoms with Gasteiger partial charge in [0, 0.05) is 15.7 Å². The first-order chi connectivity index (χ1) is 7.70. The van der Waals surface area contributed by atoms with Gasteiger partial charge in [0.1, 0.15) is 11.8 Å². The smallest absolute Gasteiger partial charge is 0.162 e. The molecule has 1 heterocycles. The summed E-state index contributed by atoms with van der Waals surface area (Å²) in [6.07, 6.45) is 0. The van der Waals surface area contributed by atoms with Crippen molar-refractivity contribution in [1.82, 2.24) is 9.97 Å². The van der Waals surface area contributed by atoms with Crippen LogP contribution in [0.15, 0.2) is 34.8 Å². The van der Waals surface area contributed by atoms with Crippen molar-refractivity contribution in [3.63, 3.8) is 0 Å². The number of rotatable bonds is 1. The average molecular weight is 274 g/mol. The van der Waals surface area contributed by atoms with E-state index in [-0.39, 0.29) is 0 Å². The zero-order chi connectivity index (χ0) is 11.5. The highest BCUT2D eigenvalue weighted by molar-refractivity contribution is 9.10. The fourth-order valence-corrected chi connectivity index (χ4v) is 1.85. The second kappa shape index (κ2) is 4.42. The minimum Gasteiger partial charge on any atom is -0.233 e. The number of nitrogens with zero attached hydrogens (tertiary/aromatic N) is 3. The van der Waals surface area contributed by atoms with Crippen LogP contribution in [0.3, 0.4) is 0 Å². The Hall–Kier alpha value is -1.73. The number of hydrogen-bond acceptors (Lipinski definition) is 3. The first-order valence-electron chi connectivity index (χ1n) is 4.71. The number of nitriles is 1. The van der Waals surface area contributed by atoms with Gasteiger partial charge in [-0.25, -0.2) is 9.97 Å². The van der Waals surface area contributed by atoms with Gasteiger partial charge in [-0.15, -0.1) is 0 Å². The lowest BCUT2D eigenvalue weighted by Crippen LogP contribution is -1.95. The molecule has 0 aliphatic heterocycles. The largest absolute Gasteiger partial charge is 0.233 e. The predicted molar refractivity (Wildman–Crippen MR) is 64.6 cm³/mol. The van der Waals surface area contributed by atoms with Crippen LogP contribution in [-0.4, -0.2) is 9.97 Å². The molecule has 0 aliphatic carbocycles. The molecular formula is C12H8BrN3. The summed E-state index contributed by atoms with van der Waals surface area (Å²) in [6.45, 7) is 1.85. The van der Waals surface area contributed by atoms with E-state index in [2.05, 4.69) is 25.9 Å². The van der Waals surface area contributed by atoms with Gasteiger partial charge < -0.3 is 0 Å². The Morgan fingerprint density at radius 1 is 1.25 bits per heavy atom. The summed E-state index contributed by atoms with van der Waals surface area (Å²) in [5, 5.41) is 8.85. The first-order valence-corrected chi connectivity index (χ1v) is 5.50. The van der Waals surface area contributed by atoms with Crippen molar-refractivity contribution in [1.29, 1.82) is 5.26 Å². The summed E-state index contributed by atoms with van der Waals surface area (Å²) in [5.41, 5.74) is 2.07. The zero-order valence-electron chi connectivity index (χ0n) is 8.61. The molecule has 2 rings (SSSR count). The number of halogens is 1. The molecule has 0 fully saturated rings. The van der Waals surface area contributed by atoms with Gasteiger partial charge in [0.05, 0.1) is 0 Å². The van der Waals surface area contributed by atoms with Crippen molar-refractivity contribution in [2.75, 3.05) is 0 Å². The minimum absolute atomic E-state index is 0.387. The number of hydrogen-bond donors (Lipinski definition) is 0. The lowest BCUT2D eigenvalue weighted by molar-refractivity contribution is 1.09. The molecule has 0 amide bonds.